The average molecular weight is 550 g/mol. The predicted octanol–water partition coefficient (Wildman–Crippen LogP) is 3.82. The van der Waals surface area contributed by atoms with Gasteiger partial charge in [0.2, 0.25) is 17.7 Å². The molecule has 9 nitrogen and oxygen atoms in total. The lowest BCUT2D eigenvalue weighted by molar-refractivity contribution is -0.143. The molecule has 0 saturated carbocycles. The van der Waals surface area contributed by atoms with E-state index in [1.54, 1.807) is 29.2 Å². The first-order valence-corrected chi connectivity index (χ1v) is 14.2. The van der Waals surface area contributed by atoms with Gasteiger partial charge in [0.25, 0.3) is 0 Å². The number of anilines is 2. The first-order chi connectivity index (χ1) is 19.1. The minimum Gasteiger partial charge on any atom is -0.494 e. The van der Waals surface area contributed by atoms with Crippen molar-refractivity contribution in [1.82, 2.24) is 4.90 Å². The zero-order chi connectivity index (χ0) is 28.7. The lowest BCUT2D eigenvalue weighted by Gasteiger charge is -2.33. The molecule has 2 aromatic rings. The highest BCUT2D eigenvalue weighted by Crippen LogP contribution is 2.63. The number of nitrogens with zero attached hydrogens (tertiary/aromatic N) is 1. The van der Waals surface area contributed by atoms with Gasteiger partial charge in [-0.05, 0) is 88.8 Å². The number of amides is 3. The van der Waals surface area contributed by atoms with Gasteiger partial charge in [-0.1, -0.05) is 18.2 Å². The van der Waals surface area contributed by atoms with Crippen LogP contribution in [0.1, 0.15) is 50.7 Å². The van der Waals surface area contributed by atoms with Crippen LogP contribution in [0.15, 0.2) is 42.5 Å². The van der Waals surface area contributed by atoms with Crippen molar-refractivity contribution in [2.75, 3.05) is 30.4 Å². The number of ether oxygens (including phenoxy) is 2. The van der Waals surface area contributed by atoms with Gasteiger partial charge in [0, 0.05) is 24.5 Å². The van der Waals surface area contributed by atoms with Gasteiger partial charge in [0.05, 0.1) is 24.0 Å². The molecule has 2 aromatic carbocycles. The summed E-state index contributed by atoms with van der Waals surface area (Å²) in [5.41, 5.74) is 1.20. The summed E-state index contributed by atoms with van der Waals surface area (Å²) in [4.78, 5) is 43.5. The largest absolute Gasteiger partial charge is 0.494 e. The van der Waals surface area contributed by atoms with Crippen molar-refractivity contribution in [2.24, 2.45) is 11.8 Å². The molecular formula is C31H39N3O6. The number of carbonyl (C=O) groups excluding carboxylic acids is 3. The molecule has 3 amide bonds. The highest BCUT2D eigenvalue weighted by molar-refractivity contribution is 6.05. The van der Waals surface area contributed by atoms with Crippen LogP contribution in [0.2, 0.25) is 0 Å². The minimum atomic E-state index is -1.10. The molecule has 1 spiro atoms. The minimum absolute atomic E-state index is 0.00242. The van der Waals surface area contributed by atoms with Crippen LogP contribution in [-0.4, -0.2) is 64.7 Å². The van der Waals surface area contributed by atoms with Crippen LogP contribution < -0.4 is 15.4 Å². The number of benzene rings is 2. The molecule has 3 N–H and O–H groups in total. The number of para-hydroxylation sites is 1. The van der Waals surface area contributed by atoms with Crippen LogP contribution in [-0.2, 0) is 19.1 Å². The number of fused-ring (bicyclic) bond motifs is 1. The Bertz CT molecular complexity index is 1280. The smallest absolute Gasteiger partial charge is 0.250 e. The number of unbranched alkanes of at least 4 members (excludes halogenated alkanes) is 1. The molecule has 2 unspecified atom stereocenters. The number of nitrogens with one attached hydrogen (secondary N) is 2. The molecular weight excluding hydrogens is 510 g/mol. The van der Waals surface area contributed by atoms with Crippen LogP contribution in [0.5, 0.6) is 5.75 Å². The SMILES string of the molecule is CCOc1ccc(NC(=O)[C@H]2[C@H]3C(=O)N(CCCCO)C(C(=O)Nc4c(C)cccc4C)C34CC[C@]2(C)O4)cc1. The van der Waals surface area contributed by atoms with E-state index in [0.29, 0.717) is 50.3 Å². The lowest BCUT2D eigenvalue weighted by atomic mass is 9.66. The highest BCUT2D eigenvalue weighted by atomic mass is 16.5. The van der Waals surface area contributed by atoms with Gasteiger partial charge >= 0.3 is 0 Å². The van der Waals surface area contributed by atoms with Crippen molar-refractivity contribution in [3.63, 3.8) is 0 Å². The number of aryl methyl sites for hydroxylation is 2. The molecule has 2 bridgehead atoms. The zero-order valence-electron chi connectivity index (χ0n) is 23.7. The second-order valence-corrected chi connectivity index (χ2v) is 11.4. The van der Waals surface area contributed by atoms with E-state index in [2.05, 4.69) is 10.6 Å². The Balaban J connectivity index is 1.46. The van der Waals surface area contributed by atoms with Crippen molar-refractivity contribution >= 4 is 29.1 Å². The Morgan fingerprint density at radius 2 is 1.75 bits per heavy atom. The third kappa shape index (κ3) is 4.65. The van der Waals surface area contributed by atoms with Crippen LogP contribution in [0.4, 0.5) is 11.4 Å². The van der Waals surface area contributed by atoms with E-state index in [0.717, 1.165) is 16.8 Å². The quantitative estimate of drug-likeness (QED) is 0.388. The van der Waals surface area contributed by atoms with Gasteiger partial charge in [-0.15, -0.1) is 0 Å². The summed E-state index contributed by atoms with van der Waals surface area (Å²) >= 11 is 0. The van der Waals surface area contributed by atoms with Crippen LogP contribution in [0, 0.1) is 25.7 Å². The maximum absolute atomic E-state index is 14.1. The summed E-state index contributed by atoms with van der Waals surface area (Å²) < 4.78 is 12.2. The average Bonchev–Trinajstić information content (AvgIpc) is 3.48. The number of aliphatic hydroxyl groups excluding tert-OH is 1. The number of aliphatic hydroxyl groups is 1. The predicted molar refractivity (Wildman–Crippen MR) is 151 cm³/mol. The summed E-state index contributed by atoms with van der Waals surface area (Å²) in [7, 11) is 0. The molecule has 5 rings (SSSR count). The van der Waals surface area contributed by atoms with E-state index in [-0.39, 0.29) is 24.3 Å². The summed E-state index contributed by atoms with van der Waals surface area (Å²) in [5, 5.41) is 15.4. The zero-order valence-corrected chi connectivity index (χ0v) is 23.7. The third-order valence-corrected chi connectivity index (χ3v) is 8.78. The van der Waals surface area contributed by atoms with E-state index in [1.165, 1.54) is 0 Å². The van der Waals surface area contributed by atoms with Gasteiger partial charge in [0.15, 0.2) is 0 Å². The highest BCUT2D eigenvalue weighted by Gasteiger charge is 2.77. The van der Waals surface area contributed by atoms with E-state index in [4.69, 9.17) is 9.47 Å². The summed E-state index contributed by atoms with van der Waals surface area (Å²) in [6.45, 7) is 8.50. The molecule has 3 heterocycles. The summed E-state index contributed by atoms with van der Waals surface area (Å²) in [6, 6.07) is 12.0. The molecule has 3 aliphatic rings. The monoisotopic (exact) mass is 549 g/mol. The van der Waals surface area contributed by atoms with E-state index < -0.39 is 29.1 Å². The molecule has 3 aliphatic heterocycles. The Kier molecular flexibility index (Phi) is 7.63. The third-order valence-electron chi connectivity index (χ3n) is 8.78. The van der Waals surface area contributed by atoms with Gasteiger partial charge in [-0.3, -0.25) is 14.4 Å². The van der Waals surface area contributed by atoms with Gasteiger partial charge < -0.3 is 30.1 Å². The first kappa shape index (κ1) is 28.1. The molecule has 0 aliphatic carbocycles. The summed E-state index contributed by atoms with van der Waals surface area (Å²) in [6.07, 6.45) is 2.12. The summed E-state index contributed by atoms with van der Waals surface area (Å²) in [5.74, 6) is -1.67. The first-order valence-electron chi connectivity index (χ1n) is 14.2. The Morgan fingerprint density at radius 1 is 1.05 bits per heavy atom. The maximum Gasteiger partial charge on any atom is 0.250 e. The van der Waals surface area contributed by atoms with Crippen LogP contribution in [0.25, 0.3) is 0 Å². The van der Waals surface area contributed by atoms with Gasteiger partial charge in [-0.25, -0.2) is 0 Å². The molecule has 0 radical (unpaired) electrons. The number of hydrogen-bond donors (Lipinski definition) is 3. The molecule has 40 heavy (non-hydrogen) atoms. The number of carbonyl (C=O) groups is 3. The molecule has 5 atom stereocenters. The molecule has 0 aromatic heterocycles. The van der Waals surface area contributed by atoms with E-state index in [9.17, 15) is 19.5 Å². The number of rotatable bonds is 10. The van der Waals surface area contributed by atoms with Crippen molar-refractivity contribution < 1.29 is 29.0 Å². The van der Waals surface area contributed by atoms with E-state index in [1.807, 2.05) is 45.9 Å². The second-order valence-electron chi connectivity index (χ2n) is 11.4. The molecule has 9 heteroatoms. The van der Waals surface area contributed by atoms with Crippen molar-refractivity contribution in [2.45, 2.75) is 70.6 Å². The van der Waals surface area contributed by atoms with Crippen molar-refractivity contribution in [3.05, 3.63) is 53.6 Å². The maximum atomic E-state index is 14.1. The van der Waals surface area contributed by atoms with Crippen LogP contribution in [0.3, 0.4) is 0 Å². The molecule has 3 saturated heterocycles. The number of likely N-dealkylation sites (tertiary alicyclic amines) is 1. The van der Waals surface area contributed by atoms with Crippen molar-refractivity contribution in [1.29, 1.82) is 0 Å². The van der Waals surface area contributed by atoms with E-state index >= 15 is 0 Å². The number of hydrogen-bond acceptors (Lipinski definition) is 6. The fourth-order valence-electron chi connectivity index (χ4n) is 6.99. The van der Waals surface area contributed by atoms with Gasteiger partial charge in [0.1, 0.15) is 17.4 Å². The normalized spacial score (nSPS) is 28.5. The molecule has 214 valence electrons. The second kappa shape index (κ2) is 10.9. The standard InChI is InChI=1S/C31H39N3O6/c1-5-39-22-13-11-21(12-14-22)32-27(36)23-24-29(38)34(17-6-7-18-35)26(31(24)16-15-30(23,4)40-31)28(37)33-25-19(2)9-8-10-20(25)3/h8-14,23-24,26,35H,5-7,15-18H2,1-4H3,(H,32,36)(H,33,37)/t23-,24+,26?,30+,31?/m1/s1. The van der Waals surface area contributed by atoms with Gasteiger partial charge in [-0.2, -0.15) is 0 Å². The lowest BCUT2D eigenvalue weighted by Crippen LogP contribution is -2.53. The van der Waals surface area contributed by atoms with Crippen molar-refractivity contribution in [3.8, 4) is 5.75 Å². The topological polar surface area (TPSA) is 117 Å². The fourth-order valence-corrected chi connectivity index (χ4v) is 6.99. The Hall–Kier alpha value is -3.43. The Morgan fingerprint density at radius 3 is 2.40 bits per heavy atom. The van der Waals surface area contributed by atoms with Crippen LogP contribution >= 0.6 is 0 Å². The fraction of sp³-hybridized carbons (Fsp3) is 0.516. The Labute approximate surface area is 235 Å². The molecule has 3 fully saturated rings.